The molecule has 346 valence electrons. The molecule has 0 fully saturated rings. The van der Waals surface area contributed by atoms with E-state index in [0.29, 0.717) is 50.2 Å². The molecule has 8 rings (SSSR count). The van der Waals surface area contributed by atoms with E-state index in [9.17, 15) is 19.5 Å². The van der Waals surface area contributed by atoms with Crippen molar-refractivity contribution in [3.05, 3.63) is 118 Å². The summed E-state index contributed by atoms with van der Waals surface area (Å²) in [5.74, 6) is -0.766. The van der Waals surface area contributed by atoms with Crippen LogP contribution in [0.4, 0.5) is 5.69 Å². The number of hydrogen-bond acceptors (Lipinski definition) is 10. The van der Waals surface area contributed by atoms with Crippen molar-refractivity contribution in [1.82, 2.24) is 45.5 Å². The molecule has 67 heavy (non-hydrogen) atoms. The number of ether oxygens (including phenoxy) is 1. The summed E-state index contributed by atoms with van der Waals surface area (Å²) in [7, 11) is 0. The van der Waals surface area contributed by atoms with Crippen LogP contribution in [0.1, 0.15) is 97.4 Å². The van der Waals surface area contributed by atoms with Crippen molar-refractivity contribution >= 4 is 79.5 Å². The lowest BCUT2D eigenvalue weighted by Crippen LogP contribution is -2.47. The molecular weight excluding hydrogens is 847 g/mol. The first-order chi connectivity index (χ1) is 32.4. The standard InChI is InChI=1S/C51H57N11O5/c1-29-19-35-22-43-31(3)39(13-15-49(64)65)46(60-43)25-45-38(32(4)44(61-45)24-42-30(2)20-34(59-42)21-41(29)58-35)12-14-48(63)62-40(7-5-6-16-52)51(66)53-17-18-67-37-10-8-33(9-11-37)26-54-36-23-47-50(55-27-36)57-28-56-47/h8-11,19-25,27-28,40,54,59-60H,5-7,12-18,26,52H2,1-4H3,(H,53,66)(H,62,63)(H,64,65)(H,55,56,57)/t40-/m0/s1. The fourth-order valence-corrected chi connectivity index (χ4v) is 8.44. The van der Waals surface area contributed by atoms with Crippen LogP contribution in [0.2, 0.25) is 0 Å². The molecule has 8 bridgehead atoms. The van der Waals surface area contributed by atoms with Crippen LogP contribution in [-0.2, 0) is 27.3 Å². The van der Waals surface area contributed by atoms with Gasteiger partial charge in [0.15, 0.2) is 5.65 Å². The third kappa shape index (κ3) is 11.3. The van der Waals surface area contributed by atoms with E-state index in [1.165, 1.54) is 0 Å². The van der Waals surface area contributed by atoms with Gasteiger partial charge >= 0.3 is 5.97 Å². The van der Waals surface area contributed by atoms with E-state index in [1.807, 2.05) is 88.4 Å². The van der Waals surface area contributed by atoms with Crippen LogP contribution < -0.4 is 26.4 Å². The maximum Gasteiger partial charge on any atom is 0.303 e. The lowest BCUT2D eigenvalue weighted by Gasteiger charge is -2.19. The molecule has 9 N–H and O–H groups in total. The van der Waals surface area contributed by atoms with Gasteiger partial charge in [0.1, 0.15) is 23.9 Å². The number of nitrogens with zero attached hydrogens (tertiary/aromatic N) is 4. The van der Waals surface area contributed by atoms with E-state index >= 15 is 0 Å². The lowest BCUT2D eigenvalue weighted by molar-refractivity contribution is -0.137. The van der Waals surface area contributed by atoms with E-state index in [-0.39, 0.29) is 37.8 Å². The molecule has 0 spiro atoms. The van der Waals surface area contributed by atoms with E-state index in [0.717, 1.165) is 101 Å². The third-order valence-corrected chi connectivity index (χ3v) is 12.2. The average molecular weight is 904 g/mol. The molecule has 2 aliphatic rings. The highest BCUT2D eigenvalue weighted by atomic mass is 16.5. The van der Waals surface area contributed by atoms with Crippen LogP contribution in [-0.4, -0.2) is 83.5 Å². The predicted octanol–water partition coefficient (Wildman–Crippen LogP) is 7.91. The van der Waals surface area contributed by atoms with Gasteiger partial charge in [0, 0.05) is 41.5 Å². The van der Waals surface area contributed by atoms with Crippen LogP contribution in [0.3, 0.4) is 0 Å². The zero-order chi connectivity index (χ0) is 47.0. The average Bonchev–Trinajstić information content (AvgIpc) is 4.12. The number of allylic oxidation sites excluding steroid dienone is 3. The number of aryl methyl sites for hydroxylation is 3. The molecule has 2 amide bonds. The molecule has 0 saturated heterocycles. The zero-order valence-electron chi connectivity index (χ0n) is 38.3. The Morgan fingerprint density at radius 1 is 0.851 bits per heavy atom. The number of nitrogens with one attached hydrogen (secondary N) is 6. The number of carbonyl (C=O) groups is 3. The molecule has 7 heterocycles. The van der Waals surface area contributed by atoms with Crippen LogP contribution in [0.5, 0.6) is 5.75 Å². The minimum Gasteiger partial charge on any atom is -0.492 e. The van der Waals surface area contributed by atoms with Crippen molar-refractivity contribution in [2.24, 2.45) is 5.73 Å². The number of aliphatic carboxylic acids is 1. The van der Waals surface area contributed by atoms with Gasteiger partial charge in [-0.1, -0.05) is 12.1 Å². The van der Waals surface area contributed by atoms with Gasteiger partial charge in [-0.3, -0.25) is 14.4 Å². The second-order valence-electron chi connectivity index (χ2n) is 17.1. The molecule has 6 aromatic rings. The second kappa shape index (κ2) is 20.7. The molecule has 16 nitrogen and oxygen atoms in total. The van der Waals surface area contributed by atoms with Gasteiger partial charge in [-0.15, -0.1) is 0 Å². The fraction of sp³-hybridized carbons (Fsp3) is 0.314. The van der Waals surface area contributed by atoms with Crippen molar-refractivity contribution in [2.75, 3.05) is 25.0 Å². The second-order valence-corrected chi connectivity index (χ2v) is 17.1. The lowest BCUT2D eigenvalue weighted by atomic mass is 10.00. The Labute approximate surface area is 388 Å². The van der Waals surface area contributed by atoms with Crippen molar-refractivity contribution in [3.63, 3.8) is 0 Å². The predicted molar refractivity (Wildman–Crippen MR) is 263 cm³/mol. The molecule has 0 aliphatic carbocycles. The van der Waals surface area contributed by atoms with Crippen molar-refractivity contribution in [2.45, 2.75) is 85.2 Å². The Morgan fingerprint density at radius 2 is 1.67 bits per heavy atom. The molecule has 16 heteroatoms. The smallest absolute Gasteiger partial charge is 0.303 e. The number of carboxylic acid groups (broad SMARTS) is 1. The molecule has 1 atom stereocenters. The Kier molecular flexibility index (Phi) is 14.2. The summed E-state index contributed by atoms with van der Waals surface area (Å²) in [5, 5.41) is 19.0. The van der Waals surface area contributed by atoms with Gasteiger partial charge < -0.3 is 46.5 Å². The first kappa shape index (κ1) is 46.0. The highest BCUT2D eigenvalue weighted by Gasteiger charge is 2.23. The van der Waals surface area contributed by atoms with Crippen LogP contribution in [0, 0.1) is 13.8 Å². The molecular formula is C51H57N11O5. The monoisotopic (exact) mass is 903 g/mol. The minimum absolute atomic E-state index is 0.0378. The summed E-state index contributed by atoms with van der Waals surface area (Å²) in [4.78, 5) is 67.8. The van der Waals surface area contributed by atoms with Crippen molar-refractivity contribution in [3.8, 4) is 5.75 Å². The Balaban J connectivity index is 0.949. The number of aromatic nitrogens is 7. The van der Waals surface area contributed by atoms with Crippen LogP contribution in [0.15, 0.2) is 73.2 Å². The molecule has 0 unspecified atom stereocenters. The highest BCUT2D eigenvalue weighted by molar-refractivity contribution is 5.95. The molecule has 5 aromatic heterocycles. The number of pyridine rings is 1. The number of carboxylic acids is 1. The Hall–Kier alpha value is -7.59. The maximum atomic E-state index is 13.8. The van der Waals surface area contributed by atoms with E-state index in [2.05, 4.69) is 46.9 Å². The number of amides is 2. The first-order valence-electron chi connectivity index (χ1n) is 22.7. The van der Waals surface area contributed by atoms with Gasteiger partial charge in [-0.2, -0.15) is 0 Å². The summed E-state index contributed by atoms with van der Waals surface area (Å²) in [6, 6.07) is 19.0. The summed E-state index contributed by atoms with van der Waals surface area (Å²) >= 11 is 0. The SMILES string of the molecule is CC1=Cc2cc3[nH]c(cc4nc(cc5[nH]c(cc1n2)cc5C)C(C)=C4CCC(=O)N[C@@H](CCCCN)C(=O)NCCOc1ccc(CNc2cnc4[nH]cnc4c2)cc1)c(CCC(=O)O)c3C. The maximum absolute atomic E-state index is 13.8. The van der Waals surface area contributed by atoms with Gasteiger partial charge in [-0.25, -0.2) is 19.9 Å². The largest absolute Gasteiger partial charge is 0.492 e. The van der Waals surface area contributed by atoms with Crippen molar-refractivity contribution in [1.29, 1.82) is 0 Å². The van der Waals surface area contributed by atoms with Crippen LogP contribution in [0.25, 0.3) is 56.0 Å². The summed E-state index contributed by atoms with van der Waals surface area (Å²) in [5.41, 5.74) is 21.4. The topological polar surface area (TPSA) is 242 Å². The number of nitrogens with two attached hydrogens (primary N) is 1. The van der Waals surface area contributed by atoms with Crippen molar-refractivity contribution < 1.29 is 24.2 Å². The zero-order valence-corrected chi connectivity index (χ0v) is 38.3. The fourth-order valence-electron chi connectivity index (χ4n) is 8.44. The van der Waals surface area contributed by atoms with Gasteiger partial charge in [0.2, 0.25) is 11.8 Å². The van der Waals surface area contributed by atoms with Gasteiger partial charge in [-0.05, 0) is 160 Å². The molecule has 1 aromatic carbocycles. The summed E-state index contributed by atoms with van der Waals surface area (Å²) in [6.07, 6.45) is 7.99. The first-order valence-corrected chi connectivity index (χ1v) is 22.7. The Bertz CT molecular complexity index is 3050. The Morgan fingerprint density at radius 3 is 2.48 bits per heavy atom. The summed E-state index contributed by atoms with van der Waals surface area (Å²) in [6.45, 7) is 9.64. The number of carbonyl (C=O) groups excluding carboxylic acids is 2. The quantitative estimate of drug-likeness (QED) is 0.0363. The number of rotatable bonds is 19. The molecule has 0 radical (unpaired) electrons. The normalized spacial score (nSPS) is 12.8. The van der Waals surface area contributed by atoms with E-state index in [4.69, 9.17) is 20.4 Å². The van der Waals surface area contributed by atoms with E-state index in [1.54, 1.807) is 12.5 Å². The number of anilines is 1. The number of H-pyrrole nitrogens is 3. The molecule has 2 aliphatic heterocycles. The summed E-state index contributed by atoms with van der Waals surface area (Å²) < 4.78 is 5.93. The minimum atomic E-state index is -0.885. The van der Waals surface area contributed by atoms with Gasteiger partial charge in [0.05, 0.1) is 47.5 Å². The number of benzene rings is 1. The number of fused-ring (bicyclic) bond motifs is 9. The highest BCUT2D eigenvalue weighted by Crippen LogP contribution is 2.35. The van der Waals surface area contributed by atoms with E-state index < -0.39 is 12.0 Å². The molecule has 0 saturated carbocycles. The number of aromatic amines is 3. The van der Waals surface area contributed by atoms with Crippen LogP contribution >= 0.6 is 0 Å². The number of hydrogen-bond donors (Lipinski definition) is 8. The van der Waals surface area contributed by atoms with Gasteiger partial charge in [0.25, 0.3) is 0 Å². The third-order valence-electron chi connectivity index (χ3n) is 12.2. The number of unbranched alkanes of at least 4 members (excludes halogenated alkanes) is 1. The number of imidazole rings is 1.